The summed E-state index contributed by atoms with van der Waals surface area (Å²) in [4.78, 5) is 4.36. The van der Waals surface area contributed by atoms with E-state index in [2.05, 4.69) is 51.6 Å². The lowest BCUT2D eigenvalue weighted by molar-refractivity contribution is 0.281. The third kappa shape index (κ3) is 3.90. The van der Waals surface area contributed by atoms with E-state index in [0.29, 0.717) is 0 Å². The van der Waals surface area contributed by atoms with Crippen LogP contribution >= 0.6 is 15.9 Å². The lowest BCUT2D eigenvalue weighted by Crippen LogP contribution is -2.30. The molecule has 1 heterocycles. The summed E-state index contributed by atoms with van der Waals surface area (Å²) < 4.78 is 0. The van der Waals surface area contributed by atoms with E-state index in [9.17, 15) is 0 Å². The van der Waals surface area contributed by atoms with E-state index in [1.54, 1.807) is 0 Å². The monoisotopic (exact) mass is 272 g/mol. The van der Waals surface area contributed by atoms with Gasteiger partial charge in [-0.05, 0) is 28.6 Å². The summed E-state index contributed by atoms with van der Waals surface area (Å²) in [7, 11) is 0. The zero-order valence-electron chi connectivity index (χ0n) is 9.53. The van der Waals surface area contributed by atoms with Gasteiger partial charge in [-0.25, -0.2) is 0 Å². The molecule has 1 unspecified atom stereocenters. The van der Waals surface area contributed by atoms with Gasteiger partial charge in [-0.3, -0.25) is 0 Å². The highest BCUT2D eigenvalue weighted by Gasteiger charge is 2.20. The van der Waals surface area contributed by atoms with Gasteiger partial charge in [0.05, 0.1) is 0 Å². The van der Waals surface area contributed by atoms with Gasteiger partial charge in [0.25, 0.3) is 0 Å². The SMILES string of the molecule is C=CN1C=CN(CCCCCCC)C1Br. The fraction of sp³-hybridized carbons (Fsp3) is 0.667. The summed E-state index contributed by atoms with van der Waals surface area (Å²) in [5.74, 6) is 0. The molecule has 0 N–H and O–H groups in total. The van der Waals surface area contributed by atoms with Crippen molar-refractivity contribution in [3.8, 4) is 0 Å². The highest BCUT2D eigenvalue weighted by Crippen LogP contribution is 2.21. The summed E-state index contributed by atoms with van der Waals surface area (Å²) in [6.07, 6.45) is 12.7. The Hall–Kier alpha value is -0.440. The van der Waals surface area contributed by atoms with Crippen molar-refractivity contribution in [2.45, 2.75) is 44.1 Å². The largest absolute Gasteiger partial charge is 0.347 e. The maximum absolute atomic E-state index is 3.77. The standard InChI is InChI=1S/C12H21BrN2/c1-3-5-6-7-8-9-15-11-10-14(4-2)12(15)13/h4,10-12H,2-3,5-9H2,1H3. The molecular formula is C12H21BrN2. The zero-order chi connectivity index (χ0) is 11.1. The molecule has 0 spiro atoms. The second kappa shape index (κ2) is 6.94. The van der Waals surface area contributed by atoms with Crippen LogP contribution in [-0.2, 0) is 0 Å². The first-order valence-electron chi connectivity index (χ1n) is 5.77. The van der Waals surface area contributed by atoms with Gasteiger partial charge in [-0.15, -0.1) is 0 Å². The van der Waals surface area contributed by atoms with E-state index in [4.69, 9.17) is 0 Å². The predicted octanol–water partition coefficient (Wildman–Crippen LogP) is 3.87. The molecule has 2 nitrogen and oxygen atoms in total. The maximum atomic E-state index is 3.77. The van der Waals surface area contributed by atoms with Gasteiger partial charge in [-0.1, -0.05) is 39.2 Å². The Morgan fingerprint density at radius 1 is 1.27 bits per heavy atom. The lowest BCUT2D eigenvalue weighted by atomic mass is 10.1. The first-order chi connectivity index (χ1) is 7.29. The number of hydrogen-bond donors (Lipinski definition) is 0. The topological polar surface area (TPSA) is 6.48 Å². The van der Waals surface area contributed by atoms with Crippen LogP contribution in [0.25, 0.3) is 0 Å². The number of unbranched alkanes of at least 4 members (excludes halogenated alkanes) is 4. The van der Waals surface area contributed by atoms with E-state index in [-0.39, 0.29) is 5.08 Å². The summed E-state index contributed by atoms with van der Waals surface area (Å²) in [6.45, 7) is 7.14. The lowest BCUT2D eigenvalue weighted by Gasteiger charge is -2.25. The number of nitrogens with zero attached hydrogens (tertiary/aromatic N) is 2. The van der Waals surface area contributed by atoms with Crippen molar-refractivity contribution in [3.63, 3.8) is 0 Å². The summed E-state index contributed by atoms with van der Waals surface area (Å²) in [5, 5.41) is 0.265. The van der Waals surface area contributed by atoms with Crippen LogP contribution < -0.4 is 0 Å². The first-order valence-corrected chi connectivity index (χ1v) is 6.69. The molecule has 0 bridgehead atoms. The van der Waals surface area contributed by atoms with E-state index >= 15 is 0 Å². The number of hydrogen-bond acceptors (Lipinski definition) is 2. The minimum absolute atomic E-state index is 0.265. The van der Waals surface area contributed by atoms with Crippen molar-refractivity contribution in [3.05, 3.63) is 25.2 Å². The van der Waals surface area contributed by atoms with Crippen molar-refractivity contribution in [1.29, 1.82) is 0 Å². The van der Waals surface area contributed by atoms with Crippen molar-refractivity contribution >= 4 is 15.9 Å². The Balaban J connectivity index is 2.12. The molecule has 3 heteroatoms. The highest BCUT2D eigenvalue weighted by atomic mass is 79.9. The fourth-order valence-corrected chi connectivity index (χ4v) is 2.35. The third-order valence-corrected chi connectivity index (χ3v) is 3.68. The molecule has 86 valence electrons. The highest BCUT2D eigenvalue weighted by molar-refractivity contribution is 9.09. The molecule has 0 saturated carbocycles. The zero-order valence-corrected chi connectivity index (χ0v) is 11.1. The third-order valence-electron chi connectivity index (χ3n) is 2.68. The molecule has 1 aliphatic heterocycles. The maximum Gasteiger partial charge on any atom is 0.162 e. The molecule has 0 fully saturated rings. The normalized spacial score (nSPS) is 20.0. The van der Waals surface area contributed by atoms with Crippen molar-refractivity contribution in [2.75, 3.05) is 6.54 Å². The molecule has 0 aromatic rings. The molecule has 0 amide bonds. The number of halogens is 1. The Morgan fingerprint density at radius 2 is 2.00 bits per heavy atom. The minimum Gasteiger partial charge on any atom is -0.347 e. The van der Waals surface area contributed by atoms with E-state index in [1.807, 2.05) is 6.20 Å². The van der Waals surface area contributed by atoms with Crippen LogP contribution in [0.4, 0.5) is 0 Å². The Bertz CT molecular complexity index is 216. The molecule has 0 aromatic heterocycles. The molecule has 0 aliphatic carbocycles. The van der Waals surface area contributed by atoms with Crippen molar-refractivity contribution in [2.24, 2.45) is 0 Å². The van der Waals surface area contributed by atoms with Gasteiger partial charge >= 0.3 is 0 Å². The van der Waals surface area contributed by atoms with Crippen molar-refractivity contribution < 1.29 is 0 Å². The van der Waals surface area contributed by atoms with Gasteiger partial charge < -0.3 is 9.80 Å². The number of rotatable bonds is 7. The van der Waals surface area contributed by atoms with E-state index in [1.165, 1.54) is 32.1 Å². The van der Waals surface area contributed by atoms with E-state index < -0.39 is 0 Å². The summed E-state index contributed by atoms with van der Waals surface area (Å²) in [6, 6.07) is 0. The molecule has 0 radical (unpaired) electrons. The molecule has 1 aliphatic rings. The van der Waals surface area contributed by atoms with Crippen LogP contribution in [0.15, 0.2) is 25.2 Å². The van der Waals surface area contributed by atoms with Crippen LogP contribution in [0.1, 0.15) is 39.0 Å². The smallest absolute Gasteiger partial charge is 0.162 e. The van der Waals surface area contributed by atoms with Gasteiger partial charge in [0.1, 0.15) is 0 Å². The van der Waals surface area contributed by atoms with Gasteiger partial charge in [0.2, 0.25) is 0 Å². The van der Waals surface area contributed by atoms with E-state index in [0.717, 1.165) is 6.54 Å². The Labute approximate surface area is 102 Å². The van der Waals surface area contributed by atoms with Gasteiger partial charge in [0, 0.05) is 18.9 Å². The van der Waals surface area contributed by atoms with Gasteiger partial charge in [-0.2, -0.15) is 0 Å². The Kier molecular flexibility index (Phi) is 5.84. The van der Waals surface area contributed by atoms with Crippen LogP contribution in [0.3, 0.4) is 0 Å². The molecule has 0 aromatic carbocycles. The molecular weight excluding hydrogens is 252 g/mol. The Morgan fingerprint density at radius 3 is 2.60 bits per heavy atom. The summed E-state index contributed by atoms with van der Waals surface area (Å²) in [5.41, 5.74) is 0. The molecule has 1 rings (SSSR count). The average molecular weight is 273 g/mol. The molecule has 0 saturated heterocycles. The van der Waals surface area contributed by atoms with Crippen LogP contribution in [-0.4, -0.2) is 21.4 Å². The minimum atomic E-state index is 0.265. The first kappa shape index (κ1) is 12.6. The van der Waals surface area contributed by atoms with Crippen molar-refractivity contribution in [1.82, 2.24) is 9.80 Å². The average Bonchev–Trinajstić information content (AvgIpc) is 2.60. The van der Waals surface area contributed by atoms with Crippen LogP contribution in [0.5, 0.6) is 0 Å². The molecule has 1 atom stereocenters. The number of alkyl halides is 1. The molecule has 15 heavy (non-hydrogen) atoms. The fourth-order valence-electron chi connectivity index (χ4n) is 1.70. The summed E-state index contributed by atoms with van der Waals surface area (Å²) >= 11 is 3.63. The second-order valence-electron chi connectivity index (χ2n) is 3.89. The predicted molar refractivity (Wildman–Crippen MR) is 69.4 cm³/mol. The second-order valence-corrected chi connectivity index (χ2v) is 4.71. The van der Waals surface area contributed by atoms with Crippen LogP contribution in [0.2, 0.25) is 0 Å². The van der Waals surface area contributed by atoms with Gasteiger partial charge in [0.15, 0.2) is 5.08 Å². The quantitative estimate of drug-likeness (QED) is 0.395. The van der Waals surface area contributed by atoms with Crippen LogP contribution in [0, 0.1) is 0 Å².